The van der Waals surface area contributed by atoms with Crippen LogP contribution in [0, 0.1) is 11.3 Å². The van der Waals surface area contributed by atoms with Crippen LogP contribution in [-0.2, 0) is 18.8 Å². The van der Waals surface area contributed by atoms with E-state index in [2.05, 4.69) is 4.98 Å². The van der Waals surface area contributed by atoms with Gasteiger partial charge in [0.05, 0.1) is 34.9 Å². The number of benzene rings is 2. The number of carbonyl (C=O) groups is 1. The maximum Gasteiger partial charge on any atom is 0.324 e. The molecule has 1 atom stereocenters. The molecule has 2 aliphatic rings. The Balaban J connectivity index is 1.57. The third kappa shape index (κ3) is 3.92. The minimum atomic E-state index is -3.29. The van der Waals surface area contributed by atoms with Gasteiger partial charge < -0.3 is 19.2 Å². The van der Waals surface area contributed by atoms with Crippen molar-refractivity contribution in [3.05, 3.63) is 63.8 Å². The van der Waals surface area contributed by atoms with Crippen molar-refractivity contribution in [3.8, 4) is 11.8 Å². The third-order valence-electron chi connectivity index (χ3n) is 6.64. The number of ether oxygens (including phenoxy) is 3. The van der Waals surface area contributed by atoms with Crippen LogP contribution < -0.4 is 4.74 Å². The van der Waals surface area contributed by atoms with Crippen molar-refractivity contribution in [2.45, 2.75) is 48.9 Å². The fourth-order valence-electron chi connectivity index (χ4n) is 4.99. The van der Waals surface area contributed by atoms with E-state index in [1.165, 1.54) is 6.07 Å². The van der Waals surface area contributed by atoms with E-state index in [4.69, 9.17) is 14.2 Å². The summed E-state index contributed by atoms with van der Waals surface area (Å²) in [6.45, 7) is 8.27. The lowest BCUT2D eigenvalue weighted by Gasteiger charge is -2.32. The van der Waals surface area contributed by atoms with E-state index >= 15 is 0 Å². The zero-order valence-corrected chi connectivity index (χ0v) is 21.7. The van der Waals surface area contributed by atoms with Gasteiger partial charge in [-0.2, -0.15) is 14.0 Å². The SMILES string of the molecule is CC1(C)OC[C@H](COc2ccc3c(c2)C(C)(C)c2[nH]c4c(C(F)(F)I)c(C#N)ccc4c2C3=O)O1. The summed E-state index contributed by atoms with van der Waals surface area (Å²) in [6, 6.07) is 10.0. The van der Waals surface area contributed by atoms with Crippen LogP contribution in [-0.4, -0.2) is 35.9 Å². The number of ketones is 1. The van der Waals surface area contributed by atoms with E-state index in [-0.39, 0.29) is 23.0 Å². The van der Waals surface area contributed by atoms with E-state index < -0.39 is 20.7 Å². The number of alkyl halides is 3. The number of nitriles is 1. The zero-order chi connectivity index (χ0) is 25.3. The molecule has 0 spiro atoms. The molecule has 9 heteroatoms. The van der Waals surface area contributed by atoms with E-state index in [0.29, 0.717) is 41.2 Å². The molecule has 0 saturated carbocycles. The molecule has 2 aromatic carbocycles. The van der Waals surface area contributed by atoms with Crippen LogP contribution in [0.25, 0.3) is 10.9 Å². The summed E-state index contributed by atoms with van der Waals surface area (Å²) in [5.41, 5.74) is 0.970. The first-order chi connectivity index (χ1) is 16.3. The number of hydrogen-bond acceptors (Lipinski definition) is 5. The molecule has 0 unspecified atom stereocenters. The Labute approximate surface area is 214 Å². The monoisotopic (exact) mass is 592 g/mol. The maximum atomic E-state index is 14.6. The first-order valence-electron chi connectivity index (χ1n) is 11.1. The summed E-state index contributed by atoms with van der Waals surface area (Å²) >= 11 is 1.02. The fourth-order valence-corrected chi connectivity index (χ4v) is 5.55. The van der Waals surface area contributed by atoms with Gasteiger partial charge in [-0.05, 0) is 43.7 Å². The molecule has 0 radical (unpaired) electrons. The number of carbonyl (C=O) groups excluding carboxylic acids is 1. The van der Waals surface area contributed by atoms with Crippen molar-refractivity contribution in [2.75, 3.05) is 13.2 Å². The van der Waals surface area contributed by atoms with Crippen molar-refractivity contribution < 1.29 is 27.8 Å². The Morgan fingerprint density at radius 3 is 2.63 bits per heavy atom. The molecule has 35 heavy (non-hydrogen) atoms. The Bertz CT molecular complexity index is 1420. The molecule has 182 valence electrons. The minimum Gasteiger partial charge on any atom is -0.491 e. The third-order valence-corrected chi connectivity index (χ3v) is 7.18. The van der Waals surface area contributed by atoms with Gasteiger partial charge in [0, 0.05) is 44.6 Å². The second kappa shape index (κ2) is 7.98. The minimum absolute atomic E-state index is 0.111. The van der Waals surface area contributed by atoms with E-state index in [0.717, 1.165) is 28.2 Å². The molecule has 1 N–H and O–H groups in total. The number of hydrogen-bond donors (Lipinski definition) is 1. The lowest BCUT2D eigenvalue weighted by Crippen LogP contribution is -2.30. The van der Waals surface area contributed by atoms with E-state index in [1.54, 1.807) is 18.2 Å². The molecule has 1 aliphatic carbocycles. The van der Waals surface area contributed by atoms with Gasteiger partial charge in [0.15, 0.2) is 11.6 Å². The van der Waals surface area contributed by atoms with Crippen molar-refractivity contribution in [1.82, 2.24) is 4.98 Å². The number of rotatable bonds is 4. The maximum absolute atomic E-state index is 14.6. The molecule has 3 aromatic rings. The van der Waals surface area contributed by atoms with Crippen LogP contribution in [0.2, 0.25) is 0 Å². The summed E-state index contributed by atoms with van der Waals surface area (Å²) in [5.74, 6) is -0.332. The van der Waals surface area contributed by atoms with Gasteiger partial charge in [0.1, 0.15) is 18.5 Å². The Morgan fingerprint density at radius 2 is 2.00 bits per heavy atom. The second-order valence-electron chi connectivity index (χ2n) is 9.82. The number of aromatic nitrogens is 1. The van der Waals surface area contributed by atoms with Crippen LogP contribution in [0.4, 0.5) is 8.78 Å². The summed E-state index contributed by atoms with van der Waals surface area (Å²) in [6.07, 6.45) is -0.210. The Morgan fingerprint density at radius 1 is 1.26 bits per heavy atom. The highest BCUT2D eigenvalue weighted by atomic mass is 127. The average molecular weight is 592 g/mol. The number of H-pyrrole nitrogens is 1. The highest BCUT2D eigenvalue weighted by Gasteiger charge is 2.42. The molecule has 6 nitrogen and oxygen atoms in total. The Kier molecular flexibility index (Phi) is 5.51. The lowest BCUT2D eigenvalue weighted by molar-refractivity contribution is -0.141. The van der Waals surface area contributed by atoms with Crippen LogP contribution in [0.5, 0.6) is 5.75 Å². The molecule has 1 aromatic heterocycles. The number of aromatic amines is 1. The number of halogens is 3. The van der Waals surface area contributed by atoms with Gasteiger partial charge in [0.2, 0.25) is 0 Å². The summed E-state index contributed by atoms with van der Waals surface area (Å²) < 4.78 is 43.1. The zero-order valence-electron chi connectivity index (χ0n) is 19.6. The standard InChI is InChI=1S/C26H23F2IN2O4/c1-24(2)18-9-14(33-11-15-12-34-25(3,4)35-15)6-8-16(18)22(32)19-17-7-5-13(10-30)20(26(27,28)29)21(17)31-23(19)24/h5-9,15,31H,11-12H2,1-4H3/t15-/m0/s1. The summed E-state index contributed by atoms with van der Waals surface area (Å²) in [7, 11) is 0. The summed E-state index contributed by atoms with van der Waals surface area (Å²) in [4.78, 5) is 16.7. The van der Waals surface area contributed by atoms with E-state index in [9.17, 15) is 18.8 Å². The molecule has 5 rings (SSSR count). The normalized spacial score (nSPS) is 20.4. The molecule has 0 bridgehead atoms. The van der Waals surface area contributed by atoms with Gasteiger partial charge >= 0.3 is 3.93 Å². The molecule has 0 amide bonds. The topological polar surface area (TPSA) is 84.3 Å². The molecule has 2 heterocycles. The highest BCUT2D eigenvalue weighted by Crippen LogP contribution is 2.48. The highest BCUT2D eigenvalue weighted by molar-refractivity contribution is 14.1. The summed E-state index contributed by atoms with van der Waals surface area (Å²) in [5, 5.41) is 9.82. The fraction of sp³-hybridized carbons (Fsp3) is 0.385. The molecular weight excluding hydrogens is 569 g/mol. The molecule has 1 aliphatic heterocycles. The molecular formula is C26H23F2IN2O4. The van der Waals surface area contributed by atoms with Crippen molar-refractivity contribution in [1.29, 1.82) is 5.26 Å². The average Bonchev–Trinajstić information content (AvgIpc) is 3.35. The van der Waals surface area contributed by atoms with Gasteiger partial charge in [0.25, 0.3) is 0 Å². The van der Waals surface area contributed by atoms with Gasteiger partial charge in [-0.15, -0.1) is 0 Å². The van der Waals surface area contributed by atoms with Crippen LogP contribution in [0.3, 0.4) is 0 Å². The van der Waals surface area contributed by atoms with Gasteiger partial charge in [-0.1, -0.05) is 19.9 Å². The smallest absolute Gasteiger partial charge is 0.324 e. The Hall–Kier alpha value is -2.55. The van der Waals surface area contributed by atoms with Gasteiger partial charge in [-0.25, -0.2) is 0 Å². The quantitative estimate of drug-likeness (QED) is 0.300. The predicted molar refractivity (Wildman–Crippen MR) is 133 cm³/mol. The number of nitrogens with one attached hydrogen (secondary N) is 1. The van der Waals surface area contributed by atoms with Crippen LogP contribution in [0.1, 0.15) is 66.0 Å². The molecule has 1 saturated heterocycles. The second-order valence-corrected chi connectivity index (χ2v) is 11.2. The predicted octanol–water partition coefficient (Wildman–Crippen LogP) is 5.92. The largest absolute Gasteiger partial charge is 0.491 e. The lowest BCUT2D eigenvalue weighted by atomic mass is 9.71. The van der Waals surface area contributed by atoms with Crippen LogP contribution in [0.15, 0.2) is 30.3 Å². The van der Waals surface area contributed by atoms with E-state index in [1.807, 2.05) is 39.8 Å². The number of fused-ring (bicyclic) bond motifs is 4. The first kappa shape index (κ1) is 24.2. The van der Waals surface area contributed by atoms with Crippen molar-refractivity contribution in [2.24, 2.45) is 0 Å². The number of nitrogens with zero attached hydrogens (tertiary/aromatic N) is 1. The van der Waals surface area contributed by atoms with Crippen LogP contribution >= 0.6 is 22.6 Å². The molecule has 1 fully saturated rings. The van der Waals surface area contributed by atoms with Gasteiger partial charge in [-0.3, -0.25) is 4.79 Å². The van der Waals surface area contributed by atoms with Crippen molar-refractivity contribution >= 4 is 39.3 Å². The first-order valence-corrected chi connectivity index (χ1v) is 12.2. The van der Waals surface area contributed by atoms with Crippen molar-refractivity contribution in [3.63, 3.8) is 0 Å².